The molecule has 0 bridgehead atoms. The van der Waals surface area contributed by atoms with Crippen LogP contribution in [0.15, 0.2) is 60.7 Å². The number of benzene rings is 3. The van der Waals surface area contributed by atoms with Crippen LogP contribution in [0.1, 0.15) is 53.6 Å². The molecule has 1 saturated heterocycles. The number of urea groups is 1. The number of ether oxygens (including phenoxy) is 5. The van der Waals surface area contributed by atoms with Gasteiger partial charge in [-0.15, -0.1) is 0 Å². The van der Waals surface area contributed by atoms with E-state index in [-0.39, 0.29) is 32.0 Å². The topological polar surface area (TPSA) is 128 Å². The molecule has 3 atom stereocenters. The second-order valence-electron chi connectivity index (χ2n) is 11.0. The van der Waals surface area contributed by atoms with Crippen LogP contribution in [0.4, 0.5) is 10.5 Å². The van der Waals surface area contributed by atoms with Gasteiger partial charge in [0.05, 0.1) is 39.6 Å². The number of hydrogen-bond acceptors (Lipinski definition) is 9. The van der Waals surface area contributed by atoms with Crippen molar-refractivity contribution >= 4 is 17.7 Å². The minimum Gasteiger partial charge on any atom is -0.493 e. The van der Waals surface area contributed by atoms with Crippen molar-refractivity contribution in [1.82, 2.24) is 10.2 Å². The van der Waals surface area contributed by atoms with Crippen LogP contribution < -0.4 is 20.1 Å². The molecule has 0 saturated carbocycles. The third-order valence-corrected chi connectivity index (χ3v) is 8.01. The molecule has 3 aromatic rings. The maximum atomic E-state index is 12.2. The van der Waals surface area contributed by atoms with Gasteiger partial charge < -0.3 is 39.4 Å². The smallest absolute Gasteiger partial charge is 0.325 e. The second kappa shape index (κ2) is 15.2. The Labute approximate surface area is 263 Å². The molecule has 5 rings (SSSR count). The molecule has 2 amide bonds. The SMILES string of the molecule is CCOC(=O)CNC(=O)Nc1ccc([C@@H]2O[C@H](CN3CCc4cc(OC)c(OC)cc4C3)C[C@H](c3ccc(CO)cc3)O2)cc1. The molecule has 2 aliphatic heterocycles. The molecule has 11 nitrogen and oxygen atoms in total. The summed E-state index contributed by atoms with van der Waals surface area (Å²) in [4.78, 5) is 26.1. The standard InChI is InChI=1S/C34H41N3O8/c1-4-43-32(39)18-35-34(40)36-27-11-9-24(10-12-27)33-44-28(17-29(45-33)23-7-5-22(21-38)6-8-23)20-37-14-13-25-15-30(41-2)31(42-3)16-26(25)19-37/h5-12,15-16,28-29,33,38H,4,13-14,17-21H2,1-3H3,(H2,35,36,40)/t28-,29+,33+/m0/s1. The number of carbonyl (C=O) groups is 2. The summed E-state index contributed by atoms with van der Waals surface area (Å²) in [6.07, 6.45) is 0.619. The van der Waals surface area contributed by atoms with E-state index in [4.69, 9.17) is 23.7 Å². The molecule has 0 radical (unpaired) electrons. The predicted molar refractivity (Wildman–Crippen MR) is 167 cm³/mol. The molecule has 240 valence electrons. The van der Waals surface area contributed by atoms with E-state index in [9.17, 15) is 14.7 Å². The number of fused-ring (bicyclic) bond motifs is 1. The number of nitrogens with one attached hydrogen (secondary N) is 2. The van der Waals surface area contributed by atoms with Gasteiger partial charge in [0.1, 0.15) is 6.54 Å². The highest BCUT2D eigenvalue weighted by molar-refractivity contribution is 5.91. The molecular formula is C34H41N3O8. The highest BCUT2D eigenvalue weighted by atomic mass is 16.7. The maximum absolute atomic E-state index is 12.2. The fraction of sp³-hybridized carbons (Fsp3) is 0.412. The van der Waals surface area contributed by atoms with Gasteiger partial charge in [-0.25, -0.2) is 4.79 Å². The molecule has 11 heteroatoms. The number of amides is 2. The highest BCUT2D eigenvalue weighted by Gasteiger charge is 2.34. The molecule has 3 aromatic carbocycles. The number of carbonyl (C=O) groups excluding carboxylic acids is 2. The third kappa shape index (κ3) is 8.31. The number of hydrogen-bond donors (Lipinski definition) is 3. The fourth-order valence-electron chi connectivity index (χ4n) is 5.68. The Hall–Kier alpha value is -4.16. The number of methoxy groups -OCH3 is 2. The summed E-state index contributed by atoms with van der Waals surface area (Å²) >= 11 is 0. The van der Waals surface area contributed by atoms with E-state index in [0.717, 1.165) is 54.2 Å². The van der Waals surface area contributed by atoms with Gasteiger partial charge in [0.2, 0.25) is 0 Å². The summed E-state index contributed by atoms with van der Waals surface area (Å²) in [7, 11) is 3.30. The molecule has 3 N–H and O–H groups in total. The minimum atomic E-state index is -0.626. The third-order valence-electron chi connectivity index (χ3n) is 8.01. The van der Waals surface area contributed by atoms with Gasteiger partial charge >= 0.3 is 12.0 Å². The lowest BCUT2D eigenvalue weighted by molar-refractivity contribution is -0.253. The van der Waals surface area contributed by atoms with Crippen LogP contribution in [-0.4, -0.2) is 68.6 Å². The van der Waals surface area contributed by atoms with Crippen molar-refractivity contribution in [3.05, 3.63) is 88.5 Å². The molecule has 45 heavy (non-hydrogen) atoms. The maximum Gasteiger partial charge on any atom is 0.325 e. The van der Waals surface area contributed by atoms with Crippen LogP contribution in [0.2, 0.25) is 0 Å². The average molecular weight is 620 g/mol. The normalized spacial score (nSPS) is 19.7. The summed E-state index contributed by atoms with van der Waals surface area (Å²) < 4.78 is 28.9. The largest absolute Gasteiger partial charge is 0.493 e. The van der Waals surface area contributed by atoms with Gasteiger partial charge in [0.25, 0.3) is 0 Å². The van der Waals surface area contributed by atoms with Gasteiger partial charge in [0.15, 0.2) is 17.8 Å². The van der Waals surface area contributed by atoms with E-state index in [1.54, 1.807) is 33.3 Å². The summed E-state index contributed by atoms with van der Waals surface area (Å²) in [6, 6.07) is 18.7. The lowest BCUT2D eigenvalue weighted by Gasteiger charge is -2.39. The first-order valence-corrected chi connectivity index (χ1v) is 15.2. The quantitative estimate of drug-likeness (QED) is 0.266. The minimum absolute atomic E-state index is 0.0194. The van der Waals surface area contributed by atoms with Gasteiger partial charge in [0, 0.05) is 37.3 Å². The highest BCUT2D eigenvalue weighted by Crippen LogP contribution is 2.39. The summed E-state index contributed by atoms with van der Waals surface area (Å²) in [5.41, 5.74) is 5.71. The van der Waals surface area contributed by atoms with Crippen molar-refractivity contribution in [1.29, 1.82) is 0 Å². The van der Waals surface area contributed by atoms with Crippen LogP contribution in [0.25, 0.3) is 0 Å². The fourth-order valence-corrected chi connectivity index (χ4v) is 5.68. The Morgan fingerprint density at radius 2 is 1.64 bits per heavy atom. The Bertz CT molecular complexity index is 1450. The van der Waals surface area contributed by atoms with Gasteiger partial charge in [-0.1, -0.05) is 36.4 Å². The van der Waals surface area contributed by atoms with Gasteiger partial charge in [-0.05, 0) is 59.9 Å². The molecule has 2 aliphatic rings. The van der Waals surface area contributed by atoms with Crippen molar-refractivity contribution < 1.29 is 38.4 Å². The number of aliphatic hydroxyl groups is 1. The van der Waals surface area contributed by atoms with E-state index < -0.39 is 18.3 Å². The van der Waals surface area contributed by atoms with Crippen molar-refractivity contribution in [2.45, 2.75) is 51.4 Å². The number of esters is 1. The second-order valence-corrected chi connectivity index (χ2v) is 11.0. The van der Waals surface area contributed by atoms with Crippen LogP contribution in [-0.2, 0) is 38.6 Å². The average Bonchev–Trinajstić information content (AvgIpc) is 3.07. The zero-order chi connectivity index (χ0) is 31.8. The number of aliphatic hydroxyl groups excluding tert-OH is 1. The van der Waals surface area contributed by atoms with E-state index >= 15 is 0 Å². The van der Waals surface area contributed by atoms with Crippen LogP contribution in [0, 0.1) is 0 Å². The lowest BCUT2D eigenvalue weighted by Crippen LogP contribution is -2.41. The zero-order valence-electron chi connectivity index (χ0n) is 25.9. The van der Waals surface area contributed by atoms with Crippen molar-refractivity contribution in [3.63, 3.8) is 0 Å². The van der Waals surface area contributed by atoms with Crippen molar-refractivity contribution in [2.24, 2.45) is 0 Å². The first kappa shape index (κ1) is 32.2. The van der Waals surface area contributed by atoms with E-state index in [0.29, 0.717) is 12.1 Å². The Balaban J connectivity index is 1.28. The molecule has 0 aromatic heterocycles. The van der Waals surface area contributed by atoms with Crippen molar-refractivity contribution in [2.75, 3.05) is 45.8 Å². The van der Waals surface area contributed by atoms with Crippen molar-refractivity contribution in [3.8, 4) is 11.5 Å². The van der Waals surface area contributed by atoms with Crippen LogP contribution in [0.5, 0.6) is 11.5 Å². The van der Waals surface area contributed by atoms with Gasteiger partial charge in [-0.2, -0.15) is 0 Å². The Kier molecular flexibility index (Phi) is 10.9. The Morgan fingerprint density at radius 1 is 0.956 bits per heavy atom. The van der Waals surface area contributed by atoms with Crippen LogP contribution in [0.3, 0.4) is 0 Å². The molecule has 1 fully saturated rings. The first-order chi connectivity index (χ1) is 21.9. The number of rotatable bonds is 11. The zero-order valence-corrected chi connectivity index (χ0v) is 25.9. The van der Waals surface area contributed by atoms with Gasteiger partial charge in [-0.3, -0.25) is 9.69 Å². The summed E-state index contributed by atoms with van der Waals surface area (Å²) in [6.45, 7) is 4.11. The summed E-state index contributed by atoms with van der Waals surface area (Å²) in [5, 5.41) is 14.7. The Morgan fingerprint density at radius 3 is 2.31 bits per heavy atom. The summed E-state index contributed by atoms with van der Waals surface area (Å²) in [5.74, 6) is 0.966. The van der Waals surface area contributed by atoms with E-state index in [1.807, 2.05) is 36.4 Å². The van der Waals surface area contributed by atoms with Crippen LogP contribution >= 0.6 is 0 Å². The predicted octanol–water partition coefficient (Wildman–Crippen LogP) is 4.48. The molecule has 2 heterocycles. The van der Waals surface area contributed by atoms with E-state index in [1.165, 1.54) is 11.1 Å². The molecule has 0 aliphatic carbocycles. The monoisotopic (exact) mass is 619 g/mol. The number of nitrogens with zero attached hydrogens (tertiary/aromatic N) is 1. The van der Waals surface area contributed by atoms with E-state index in [2.05, 4.69) is 27.7 Å². The lowest BCUT2D eigenvalue weighted by atomic mass is 9.97. The molecule has 0 spiro atoms. The number of anilines is 1. The molecule has 0 unspecified atom stereocenters. The first-order valence-electron chi connectivity index (χ1n) is 15.2. The molecular weight excluding hydrogens is 578 g/mol.